The Kier molecular flexibility index (Phi) is 5.74. The van der Waals surface area contributed by atoms with E-state index in [0.717, 1.165) is 16.5 Å². The van der Waals surface area contributed by atoms with Gasteiger partial charge in [-0.15, -0.1) is 0 Å². The highest BCUT2D eigenvalue weighted by Crippen LogP contribution is 2.31. The minimum atomic E-state index is -0.378. The molecule has 1 unspecified atom stereocenters. The van der Waals surface area contributed by atoms with Gasteiger partial charge in [0.15, 0.2) is 0 Å². The first-order chi connectivity index (χ1) is 13.0. The van der Waals surface area contributed by atoms with Gasteiger partial charge in [-0.2, -0.15) is 0 Å². The first kappa shape index (κ1) is 18.9. The van der Waals surface area contributed by atoms with Gasteiger partial charge in [0.2, 0.25) is 17.7 Å². The molecular weight excluding hydrogens is 342 g/mol. The van der Waals surface area contributed by atoms with E-state index in [1.807, 2.05) is 56.3 Å². The summed E-state index contributed by atoms with van der Waals surface area (Å²) >= 11 is 0. The van der Waals surface area contributed by atoms with Gasteiger partial charge in [-0.05, 0) is 11.5 Å². The summed E-state index contributed by atoms with van der Waals surface area (Å²) in [7, 11) is 0. The van der Waals surface area contributed by atoms with E-state index in [-0.39, 0.29) is 36.0 Å². The van der Waals surface area contributed by atoms with Gasteiger partial charge in [0, 0.05) is 37.4 Å². The van der Waals surface area contributed by atoms with Gasteiger partial charge >= 0.3 is 0 Å². The van der Waals surface area contributed by atoms with Crippen molar-refractivity contribution in [2.45, 2.75) is 20.3 Å². The molecule has 6 heteroatoms. The minimum Gasteiger partial charge on any atom is -0.354 e. The number of nitrogens with zero attached hydrogens (tertiary/aromatic N) is 1. The lowest BCUT2D eigenvalue weighted by Crippen LogP contribution is -2.39. The molecular formula is C21H25N3O3. The lowest BCUT2D eigenvalue weighted by molar-refractivity contribution is -0.126. The maximum Gasteiger partial charge on any atom is 0.227 e. The molecule has 6 nitrogen and oxygen atoms in total. The average molecular weight is 367 g/mol. The second-order valence-corrected chi connectivity index (χ2v) is 7.14. The molecule has 1 fully saturated rings. The van der Waals surface area contributed by atoms with Crippen molar-refractivity contribution in [3.63, 3.8) is 0 Å². The Morgan fingerprint density at radius 1 is 1.07 bits per heavy atom. The number of hydrogen-bond acceptors (Lipinski definition) is 3. The standard InChI is InChI=1S/C21H25N3O3/c1-14(2)20(26)22-10-11-23-21(27)16-12-19(25)24(13-16)18-9-5-7-15-6-3-4-8-17(15)18/h3-9,14,16H,10-13H2,1-2H3,(H,22,26)(H,23,27). The molecule has 1 saturated heterocycles. The van der Waals surface area contributed by atoms with Crippen molar-refractivity contribution in [2.24, 2.45) is 11.8 Å². The first-order valence-corrected chi connectivity index (χ1v) is 9.31. The van der Waals surface area contributed by atoms with Gasteiger partial charge in [-0.1, -0.05) is 50.2 Å². The van der Waals surface area contributed by atoms with Crippen LogP contribution in [0, 0.1) is 11.8 Å². The Balaban J connectivity index is 1.60. The zero-order valence-corrected chi connectivity index (χ0v) is 15.7. The molecule has 0 bridgehead atoms. The summed E-state index contributed by atoms with van der Waals surface area (Å²) in [4.78, 5) is 38.1. The molecule has 2 N–H and O–H groups in total. The van der Waals surface area contributed by atoms with Crippen LogP contribution in [-0.4, -0.2) is 37.4 Å². The summed E-state index contributed by atoms with van der Waals surface area (Å²) in [5.41, 5.74) is 0.845. The number of benzene rings is 2. The third-order valence-electron chi connectivity index (χ3n) is 4.80. The molecule has 2 aromatic rings. The summed E-state index contributed by atoms with van der Waals surface area (Å²) < 4.78 is 0. The molecule has 0 spiro atoms. The fourth-order valence-electron chi connectivity index (χ4n) is 3.28. The fraction of sp³-hybridized carbons (Fsp3) is 0.381. The van der Waals surface area contributed by atoms with Crippen molar-refractivity contribution < 1.29 is 14.4 Å². The van der Waals surface area contributed by atoms with Crippen LogP contribution in [0.2, 0.25) is 0 Å². The molecule has 1 aliphatic rings. The average Bonchev–Trinajstić information content (AvgIpc) is 3.06. The van der Waals surface area contributed by atoms with Crippen molar-refractivity contribution in [1.29, 1.82) is 0 Å². The Bertz CT molecular complexity index is 857. The Morgan fingerprint density at radius 2 is 1.78 bits per heavy atom. The van der Waals surface area contributed by atoms with Crippen molar-refractivity contribution in [3.8, 4) is 0 Å². The highest BCUT2D eigenvalue weighted by molar-refractivity contribution is 6.06. The molecule has 1 atom stereocenters. The number of amides is 3. The number of anilines is 1. The largest absolute Gasteiger partial charge is 0.354 e. The molecule has 27 heavy (non-hydrogen) atoms. The van der Waals surface area contributed by atoms with Crippen LogP contribution in [0.1, 0.15) is 20.3 Å². The Labute approximate surface area is 158 Å². The molecule has 3 rings (SSSR count). The van der Waals surface area contributed by atoms with E-state index >= 15 is 0 Å². The molecule has 0 aromatic heterocycles. The molecule has 1 heterocycles. The van der Waals surface area contributed by atoms with Crippen molar-refractivity contribution in [2.75, 3.05) is 24.5 Å². The van der Waals surface area contributed by atoms with Gasteiger partial charge in [-0.3, -0.25) is 14.4 Å². The number of rotatable bonds is 6. The summed E-state index contributed by atoms with van der Waals surface area (Å²) in [6, 6.07) is 13.8. The van der Waals surface area contributed by atoms with Crippen LogP contribution in [0.25, 0.3) is 10.8 Å². The van der Waals surface area contributed by atoms with E-state index < -0.39 is 0 Å². The quantitative estimate of drug-likeness (QED) is 0.768. The monoisotopic (exact) mass is 367 g/mol. The summed E-state index contributed by atoms with van der Waals surface area (Å²) in [6.45, 7) is 4.75. The maximum absolute atomic E-state index is 12.5. The second-order valence-electron chi connectivity index (χ2n) is 7.14. The van der Waals surface area contributed by atoms with Crippen LogP contribution in [-0.2, 0) is 14.4 Å². The van der Waals surface area contributed by atoms with Crippen LogP contribution in [0.15, 0.2) is 42.5 Å². The minimum absolute atomic E-state index is 0.0394. The molecule has 1 aliphatic heterocycles. The zero-order chi connectivity index (χ0) is 19.4. The van der Waals surface area contributed by atoms with Gasteiger partial charge in [0.25, 0.3) is 0 Å². The Morgan fingerprint density at radius 3 is 2.56 bits per heavy atom. The van der Waals surface area contributed by atoms with Crippen LogP contribution in [0.4, 0.5) is 5.69 Å². The van der Waals surface area contributed by atoms with Crippen LogP contribution in [0.3, 0.4) is 0 Å². The maximum atomic E-state index is 12.5. The van der Waals surface area contributed by atoms with E-state index in [1.165, 1.54) is 0 Å². The first-order valence-electron chi connectivity index (χ1n) is 9.31. The highest BCUT2D eigenvalue weighted by atomic mass is 16.2. The van der Waals surface area contributed by atoms with E-state index in [2.05, 4.69) is 10.6 Å². The lowest BCUT2D eigenvalue weighted by atomic mass is 10.1. The SMILES string of the molecule is CC(C)C(=O)NCCNC(=O)C1CC(=O)N(c2cccc3ccccc23)C1. The van der Waals surface area contributed by atoms with Gasteiger partial charge in [0.1, 0.15) is 0 Å². The third kappa shape index (κ3) is 4.27. The number of carbonyl (C=O) groups excluding carboxylic acids is 3. The lowest BCUT2D eigenvalue weighted by Gasteiger charge is -2.19. The third-order valence-corrected chi connectivity index (χ3v) is 4.80. The molecule has 0 aliphatic carbocycles. The molecule has 2 aromatic carbocycles. The van der Waals surface area contributed by atoms with Crippen LogP contribution >= 0.6 is 0 Å². The summed E-state index contributed by atoms with van der Waals surface area (Å²) in [5, 5.41) is 7.65. The number of nitrogens with one attached hydrogen (secondary N) is 2. The zero-order valence-electron chi connectivity index (χ0n) is 15.7. The highest BCUT2D eigenvalue weighted by Gasteiger charge is 2.35. The van der Waals surface area contributed by atoms with Crippen molar-refractivity contribution >= 4 is 34.2 Å². The predicted octanol–water partition coefficient (Wildman–Crippen LogP) is 2.08. The smallest absolute Gasteiger partial charge is 0.227 e. The van der Waals surface area contributed by atoms with Gasteiger partial charge < -0.3 is 15.5 Å². The fourth-order valence-corrected chi connectivity index (χ4v) is 3.28. The van der Waals surface area contributed by atoms with E-state index in [0.29, 0.717) is 19.6 Å². The second kappa shape index (κ2) is 8.20. The van der Waals surface area contributed by atoms with Gasteiger partial charge in [0.05, 0.1) is 11.6 Å². The normalized spacial score (nSPS) is 16.8. The molecule has 142 valence electrons. The molecule has 0 radical (unpaired) electrons. The van der Waals surface area contributed by atoms with Crippen molar-refractivity contribution in [3.05, 3.63) is 42.5 Å². The summed E-state index contributed by atoms with van der Waals surface area (Å²) in [6.07, 6.45) is 0.202. The van der Waals surface area contributed by atoms with E-state index in [9.17, 15) is 14.4 Å². The number of hydrogen-bond donors (Lipinski definition) is 2. The van der Waals surface area contributed by atoms with Gasteiger partial charge in [-0.25, -0.2) is 0 Å². The number of fused-ring (bicyclic) bond motifs is 1. The van der Waals surface area contributed by atoms with E-state index in [1.54, 1.807) is 4.90 Å². The van der Waals surface area contributed by atoms with Crippen LogP contribution in [0.5, 0.6) is 0 Å². The predicted molar refractivity (Wildman–Crippen MR) is 105 cm³/mol. The molecule has 0 saturated carbocycles. The van der Waals surface area contributed by atoms with Crippen molar-refractivity contribution in [1.82, 2.24) is 10.6 Å². The van der Waals surface area contributed by atoms with E-state index in [4.69, 9.17) is 0 Å². The number of carbonyl (C=O) groups is 3. The molecule has 3 amide bonds. The topological polar surface area (TPSA) is 78.5 Å². The van der Waals surface area contributed by atoms with Crippen LogP contribution < -0.4 is 15.5 Å². The summed E-state index contributed by atoms with van der Waals surface area (Å²) in [5.74, 6) is -0.688. The Hall–Kier alpha value is -2.89.